The molecule has 0 spiro atoms. The minimum atomic E-state index is -0.589. The average Bonchev–Trinajstić information content (AvgIpc) is 3.35. The van der Waals surface area contributed by atoms with Crippen molar-refractivity contribution in [2.45, 2.75) is 24.9 Å². The number of benzene rings is 1. The minimum Gasteiger partial charge on any atom is -0.465 e. The third kappa shape index (κ3) is 2.85. The third-order valence-electron chi connectivity index (χ3n) is 4.01. The molecule has 4 nitrogen and oxygen atoms in total. The topological polar surface area (TPSA) is 51.2 Å². The fourth-order valence-electron chi connectivity index (χ4n) is 2.53. The number of aromatic nitrogens is 1. The Kier molecular flexibility index (Phi) is 3.90. The molecule has 5 heteroatoms. The predicted octanol–water partition coefficient (Wildman–Crippen LogP) is 2.79. The first-order chi connectivity index (χ1) is 10.6. The van der Waals surface area contributed by atoms with Crippen LogP contribution in [-0.4, -0.2) is 18.1 Å². The first kappa shape index (κ1) is 14.7. The van der Waals surface area contributed by atoms with Crippen molar-refractivity contribution in [1.82, 2.24) is 10.3 Å². The van der Waals surface area contributed by atoms with E-state index in [1.165, 1.54) is 18.9 Å². The molecule has 0 atom stereocenters. The number of carbonyl (C=O) groups is 1. The second-order valence-electron chi connectivity index (χ2n) is 5.45. The molecule has 0 amide bonds. The first-order valence-electron chi connectivity index (χ1n) is 7.18. The van der Waals surface area contributed by atoms with E-state index in [0.29, 0.717) is 12.2 Å². The van der Waals surface area contributed by atoms with Crippen LogP contribution in [0.15, 0.2) is 42.6 Å². The SMILES string of the molecule is COC(=O)c1cnc(CNC2(c3ccccc3)CC2)c(F)c1. The van der Waals surface area contributed by atoms with Gasteiger partial charge in [0.2, 0.25) is 0 Å². The van der Waals surface area contributed by atoms with Gasteiger partial charge in [0.1, 0.15) is 5.82 Å². The van der Waals surface area contributed by atoms with Crippen LogP contribution in [0.4, 0.5) is 4.39 Å². The van der Waals surface area contributed by atoms with Gasteiger partial charge in [0, 0.05) is 18.3 Å². The van der Waals surface area contributed by atoms with Crippen LogP contribution in [-0.2, 0) is 16.8 Å². The van der Waals surface area contributed by atoms with Gasteiger partial charge in [-0.2, -0.15) is 0 Å². The highest BCUT2D eigenvalue weighted by Crippen LogP contribution is 2.45. The van der Waals surface area contributed by atoms with Crippen molar-refractivity contribution in [2.24, 2.45) is 0 Å². The van der Waals surface area contributed by atoms with Crippen LogP contribution < -0.4 is 5.32 Å². The molecular weight excluding hydrogens is 283 g/mol. The van der Waals surface area contributed by atoms with Crippen LogP contribution in [0.5, 0.6) is 0 Å². The van der Waals surface area contributed by atoms with Crippen molar-refractivity contribution in [3.05, 3.63) is 65.2 Å². The van der Waals surface area contributed by atoms with Crippen LogP contribution in [0, 0.1) is 5.82 Å². The summed E-state index contributed by atoms with van der Waals surface area (Å²) in [7, 11) is 1.26. The second-order valence-corrected chi connectivity index (χ2v) is 5.45. The highest BCUT2D eigenvalue weighted by molar-refractivity contribution is 5.88. The molecule has 1 aliphatic rings. The normalized spacial score (nSPS) is 15.4. The Morgan fingerprint density at radius 2 is 2.09 bits per heavy atom. The molecule has 1 aromatic carbocycles. The minimum absolute atomic E-state index is 0.0730. The summed E-state index contributed by atoms with van der Waals surface area (Å²) in [5, 5.41) is 3.39. The molecule has 0 bridgehead atoms. The van der Waals surface area contributed by atoms with Gasteiger partial charge in [0.15, 0.2) is 0 Å². The number of methoxy groups -OCH3 is 1. The Bertz CT molecular complexity index is 684. The Morgan fingerprint density at radius 3 is 2.68 bits per heavy atom. The summed E-state index contributed by atoms with van der Waals surface area (Å²) in [4.78, 5) is 15.4. The Balaban J connectivity index is 1.71. The van der Waals surface area contributed by atoms with Gasteiger partial charge in [-0.3, -0.25) is 4.98 Å². The summed E-state index contributed by atoms with van der Waals surface area (Å²) in [6.07, 6.45) is 3.39. The summed E-state index contributed by atoms with van der Waals surface area (Å²) in [5.74, 6) is -1.09. The van der Waals surface area contributed by atoms with Gasteiger partial charge < -0.3 is 10.1 Å². The highest BCUT2D eigenvalue weighted by atomic mass is 19.1. The molecule has 1 N–H and O–H groups in total. The van der Waals surface area contributed by atoms with E-state index in [1.54, 1.807) is 0 Å². The van der Waals surface area contributed by atoms with Crippen molar-refractivity contribution in [2.75, 3.05) is 7.11 Å². The summed E-state index contributed by atoms with van der Waals surface area (Å²) in [6.45, 7) is 0.322. The van der Waals surface area contributed by atoms with E-state index in [9.17, 15) is 9.18 Å². The van der Waals surface area contributed by atoms with Crippen LogP contribution in [0.25, 0.3) is 0 Å². The number of halogens is 1. The fraction of sp³-hybridized carbons (Fsp3) is 0.294. The molecule has 0 unspecified atom stereocenters. The second kappa shape index (κ2) is 5.85. The maximum absolute atomic E-state index is 14.0. The van der Waals surface area contributed by atoms with Gasteiger partial charge in [0.05, 0.1) is 18.4 Å². The van der Waals surface area contributed by atoms with E-state index in [4.69, 9.17) is 0 Å². The van der Waals surface area contributed by atoms with Crippen LogP contribution in [0.1, 0.15) is 34.5 Å². The lowest BCUT2D eigenvalue weighted by Gasteiger charge is -2.18. The average molecular weight is 300 g/mol. The Morgan fingerprint density at radius 1 is 1.36 bits per heavy atom. The number of rotatable bonds is 5. The van der Waals surface area contributed by atoms with Crippen molar-refractivity contribution in [1.29, 1.82) is 0 Å². The van der Waals surface area contributed by atoms with Crippen molar-refractivity contribution >= 4 is 5.97 Å². The number of carbonyl (C=O) groups excluding carboxylic acids is 1. The van der Waals surface area contributed by atoms with Crippen LogP contribution >= 0.6 is 0 Å². The van der Waals surface area contributed by atoms with Gasteiger partial charge in [-0.25, -0.2) is 9.18 Å². The lowest BCUT2D eigenvalue weighted by Crippen LogP contribution is -2.29. The molecule has 0 aliphatic heterocycles. The summed E-state index contributed by atoms with van der Waals surface area (Å²) in [5.41, 5.74) is 1.56. The molecule has 22 heavy (non-hydrogen) atoms. The van der Waals surface area contributed by atoms with Crippen LogP contribution in [0.2, 0.25) is 0 Å². The van der Waals surface area contributed by atoms with Gasteiger partial charge >= 0.3 is 5.97 Å². The molecule has 1 aromatic heterocycles. The number of esters is 1. The molecule has 3 rings (SSSR count). The molecule has 114 valence electrons. The smallest absolute Gasteiger partial charge is 0.339 e. The molecule has 1 saturated carbocycles. The zero-order chi connectivity index (χ0) is 15.6. The fourth-order valence-corrected chi connectivity index (χ4v) is 2.53. The maximum Gasteiger partial charge on any atom is 0.339 e. The number of pyridine rings is 1. The first-order valence-corrected chi connectivity index (χ1v) is 7.18. The zero-order valence-corrected chi connectivity index (χ0v) is 12.3. The highest BCUT2D eigenvalue weighted by Gasteiger charge is 2.43. The van der Waals surface area contributed by atoms with Gasteiger partial charge in [0.25, 0.3) is 0 Å². The van der Waals surface area contributed by atoms with Gasteiger partial charge in [-0.1, -0.05) is 30.3 Å². The van der Waals surface area contributed by atoms with Gasteiger partial charge in [-0.05, 0) is 24.5 Å². The molecule has 0 saturated heterocycles. The summed E-state index contributed by atoms with van der Waals surface area (Å²) in [6, 6.07) is 11.3. The Labute approximate surface area is 128 Å². The van der Waals surface area contributed by atoms with E-state index >= 15 is 0 Å². The molecule has 1 aliphatic carbocycles. The predicted molar refractivity (Wildman–Crippen MR) is 79.7 cm³/mol. The van der Waals surface area contributed by atoms with E-state index < -0.39 is 11.8 Å². The van der Waals surface area contributed by atoms with Crippen molar-refractivity contribution in [3.63, 3.8) is 0 Å². The number of nitrogens with one attached hydrogen (secondary N) is 1. The summed E-state index contributed by atoms with van der Waals surface area (Å²) < 4.78 is 18.6. The molecule has 2 aromatic rings. The number of nitrogens with zero attached hydrogens (tertiary/aromatic N) is 1. The lowest BCUT2D eigenvalue weighted by atomic mass is 10.0. The number of hydrogen-bond donors (Lipinski definition) is 1. The zero-order valence-electron chi connectivity index (χ0n) is 12.3. The van der Waals surface area contributed by atoms with E-state index in [2.05, 4.69) is 27.2 Å². The lowest BCUT2D eigenvalue weighted by molar-refractivity contribution is 0.0599. The van der Waals surface area contributed by atoms with E-state index in [1.807, 2.05) is 18.2 Å². The molecule has 1 fully saturated rings. The third-order valence-corrected chi connectivity index (χ3v) is 4.01. The van der Waals surface area contributed by atoms with Gasteiger partial charge in [-0.15, -0.1) is 0 Å². The number of ether oxygens (including phenoxy) is 1. The van der Waals surface area contributed by atoms with E-state index in [0.717, 1.165) is 18.9 Å². The van der Waals surface area contributed by atoms with Crippen molar-refractivity contribution < 1.29 is 13.9 Å². The standard InChI is InChI=1S/C17H17FN2O2/c1-22-16(21)12-9-14(18)15(19-10-12)11-20-17(7-8-17)13-5-3-2-4-6-13/h2-6,9-10,20H,7-8,11H2,1H3. The Hall–Kier alpha value is -2.27. The summed E-state index contributed by atoms with van der Waals surface area (Å²) >= 11 is 0. The molecule has 0 radical (unpaired) electrons. The quantitative estimate of drug-likeness (QED) is 0.863. The number of hydrogen-bond acceptors (Lipinski definition) is 4. The monoisotopic (exact) mass is 300 g/mol. The molecular formula is C17H17FN2O2. The largest absolute Gasteiger partial charge is 0.465 e. The van der Waals surface area contributed by atoms with Crippen LogP contribution in [0.3, 0.4) is 0 Å². The maximum atomic E-state index is 14.0. The van der Waals surface area contributed by atoms with E-state index in [-0.39, 0.29) is 11.1 Å². The van der Waals surface area contributed by atoms with Crippen molar-refractivity contribution in [3.8, 4) is 0 Å². The molecule has 1 heterocycles.